The molecule has 0 radical (unpaired) electrons. The van der Waals surface area contributed by atoms with Crippen LogP contribution in [0.1, 0.15) is 29.5 Å². The molecule has 5 heteroatoms. The Morgan fingerprint density at radius 3 is 1.78 bits per heavy atom. The third kappa shape index (κ3) is 7.37. The van der Waals surface area contributed by atoms with Crippen LogP contribution < -0.4 is 0 Å². The molecule has 4 rings (SSSR count). The van der Waals surface area contributed by atoms with Crippen LogP contribution in [0, 0.1) is 0 Å². The van der Waals surface area contributed by atoms with Crippen molar-refractivity contribution in [3.63, 3.8) is 0 Å². The zero-order valence-electron chi connectivity index (χ0n) is 20.7. The first-order valence-corrected chi connectivity index (χ1v) is 12.6. The van der Waals surface area contributed by atoms with Crippen molar-refractivity contribution in [1.29, 1.82) is 0 Å². The van der Waals surface area contributed by atoms with E-state index < -0.39 is 12.2 Å². The van der Waals surface area contributed by atoms with Gasteiger partial charge >= 0.3 is 0 Å². The highest BCUT2D eigenvalue weighted by Crippen LogP contribution is 2.25. The maximum Gasteiger partial charge on any atom is 0.254 e. The number of unbranched alkanes of at least 4 members (excludes halogenated alkanes) is 1. The van der Waals surface area contributed by atoms with E-state index in [0.29, 0.717) is 32.9 Å². The summed E-state index contributed by atoms with van der Waals surface area (Å²) in [5, 5.41) is 0. The van der Waals surface area contributed by atoms with Gasteiger partial charge < -0.3 is 19.1 Å². The normalized spacial score (nSPS) is 19.8. The maximum atomic E-state index is 13.6. The number of piperidine rings is 1. The van der Waals surface area contributed by atoms with E-state index in [2.05, 4.69) is 6.58 Å². The molecule has 188 valence electrons. The Balaban J connectivity index is 1.55. The van der Waals surface area contributed by atoms with Gasteiger partial charge in [0.15, 0.2) is 6.10 Å². The van der Waals surface area contributed by atoms with Gasteiger partial charge in [-0.1, -0.05) is 97.1 Å². The molecule has 0 aromatic heterocycles. The Morgan fingerprint density at radius 1 is 0.750 bits per heavy atom. The van der Waals surface area contributed by atoms with Crippen molar-refractivity contribution in [3.8, 4) is 0 Å². The average molecular weight is 486 g/mol. The first kappa shape index (κ1) is 25.8. The summed E-state index contributed by atoms with van der Waals surface area (Å²) in [4.78, 5) is 15.5. The Hall–Kier alpha value is -3.25. The number of amides is 1. The minimum absolute atomic E-state index is 0.0485. The number of rotatable bonds is 13. The van der Waals surface area contributed by atoms with Crippen LogP contribution in [0.15, 0.2) is 104 Å². The standard InChI is InChI=1S/C31H35NO4/c1-2-3-13-20-32-21-28(34-22-25-14-7-4-8-15-25)29(35-23-26-16-9-5-10-17-26)30(31(32)33)36-24-27-18-11-6-12-19-27/h2,4-12,14-19,28-30H,1,3,13,20-24H2/t28-,29-,30+/m1/s1. The molecule has 1 aliphatic heterocycles. The van der Waals surface area contributed by atoms with Gasteiger partial charge in [0.05, 0.1) is 19.8 Å². The molecule has 1 amide bonds. The van der Waals surface area contributed by atoms with Crippen LogP contribution in [-0.2, 0) is 38.8 Å². The molecule has 1 fully saturated rings. The zero-order chi connectivity index (χ0) is 25.0. The summed E-state index contributed by atoms with van der Waals surface area (Å²) in [6.45, 7) is 6.06. The molecule has 1 saturated heterocycles. The predicted octanol–water partition coefficient (Wildman–Crippen LogP) is 5.55. The fourth-order valence-corrected chi connectivity index (χ4v) is 4.37. The Bertz CT molecular complexity index is 1060. The summed E-state index contributed by atoms with van der Waals surface area (Å²) in [6, 6.07) is 30.0. The van der Waals surface area contributed by atoms with Crippen LogP contribution in [0.3, 0.4) is 0 Å². The number of benzene rings is 3. The Labute approximate surface area is 214 Å². The van der Waals surface area contributed by atoms with Crippen LogP contribution >= 0.6 is 0 Å². The number of hydrogen-bond acceptors (Lipinski definition) is 4. The number of ether oxygens (including phenoxy) is 3. The molecule has 36 heavy (non-hydrogen) atoms. The largest absolute Gasteiger partial charge is 0.369 e. The summed E-state index contributed by atoms with van der Waals surface area (Å²) in [5.74, 6) is -0.0485. The van der Waals surface area contributed by atoms with Gasteiger partial charge in [0.1, 0.15) is 12.2 Å². The van der Waals surface area contributed by atoms with Crippen LogP contribution in [-0.4, -0.2) is 42.2 Å². The van der Waals surface area contributed by atoms with E-state index in [-0.39, 0.29) is 12.0 Å². The van der Waals surface area contributed by atoms with Crippen molar-refractivity contribution in [2.45, 2.75) is 51.0 Å². The second-order valence-corrected chi connectivity index (χ2v) is 9.03. The van der Waals surface area contributed by atoms with E-state index in [1.165, 1.54) is 0 Å². The number of allylic oxidation sites excluding steroid dienone is 1. The van der Waals surface area contributed by atoms with E-state index in [9.17, 15) is 4.79 Å². The van der Waals surface area contributed by atoms with Gasteiger partial charge in [0, 0.05) is 13.1 Å². The van der Waals surface area contributed by atoms with Crippen LogP contribution in [0.5, 0.6) is 0 Å². The molecular weight excluding hydrogens is 450 g/mol. The molecule has 1 heterocycles. The minimum atomic E-state index is -0.757. The molecule has 0 aliphatic carbocycles. The molecule has 0 spiro atoms. The highest BCUT2D eigenvalue weighted by atomic mass is 16.6. The lowest BCUT2D eigenvalue weighted by atomic mass is 9.99. The van der Waals surface area contributed by atoms with Crippen molar-refractivity contribution in [1.82, 2.24) is 4.90 Å². The minimum Gasteiger partial charge on any atom is -0.369 e. The highest BCUT2D eigenvalue weighted by molar-refractivity contribution is 5.82. The third-order valence-corrected chi connectivity index (χ3v) is 6.32. The summed E-state index contributed by atoms with van der Waals surface area (Å²) in [7, 11) is 0. The second kappa shape index (κ2) is 13.7. The van der Waals surface area contributed by atoms with E-state index in [4.69, 9.17) is 14.2 Å². The van der Waals surface area contributed by atoms with Gasteiger partial charge in [-0.25, -0.2) is 0 Å². The van der Waals surface area contributed by atoms with E-state index in [1.54, 1.807) is 0 Å². The van der Waals surface area contributed by atoms with E-state index in [0.717, 1.165) is 29.5 Å². The fourth-order valence-electron chi connectivity index (χ4n) is 4.37. The van der Waals surface area contributed by atoms with Crippen molar-refractivity contribution < 1.29 is 19.0 Å². The lowest BCUT2D eigenvalue weighted by Crippen LogP contribution is -2.61. The maximum absolute atomic E-state index is 13.6. The second-order valence-electron chi connectivity index (χ2n) is 9.03. The molecule has 3 aromatic rings. The molecule has 5 nitrogen and oxygen atoms in total. The topological polar surface area (TPSA) is 48.0 Å². The molecular formula is C31H35NO4. The molecule has 1 aliphatic rings. The van der Waals surface area contributed by atoms with Crippen LogP contribution in [0.4, 0.5) is 0 Å². The number of likely N-dealkylation sites (tertiary alicyclic amines) is 1. The van der Waals surface area contributed by atoms with E-state index in [1.807, 2.05) is 102 Å². The predicted molar refractivity (Wildman–Crippen MR) is 141 cm³/mol. The Morgan fingerprint density at radius 2 is 1.25 bits per heavy atom. The average Bonchev–Trinajstić information content (AvgIpc) is 2.93. The van der Waals surface area contributed by atoms with Crippen molar-refractivity contribution in [3.05, 3.63) is 120 Å². The lowest BCUT2D eigenvalue weighted by Gasteiger charge is -2.42. The van der Waals surface area contributed by atoms with Gasteiger partial charge in [-0.05, 0) is 29.5 Å². The molecule has 0 N–H and O–H groups in total. The number of hydrogen-bond donors (Lipinski definition) is 0. The van der Waals surface area contributed by atoms with Gasteiger partial charge in [-0.15, -0.1) is 6.58 Å². The molecule has 3 aromatic carbocycles. The monoisotopic (exact) mass is 485 g/mol. The number of carbonyl (C=O) groups is 1. The van der Waals surface area contributed by atoms with Crippen LogP contribution in [0.25, 0.3) is 0 Å². The smallest absolute Gasteiger partial charge is 0.254 e. The lowest BCUT2D eigenvalue weighted by molar-refractivity contribution is -0.196. The van der Waals surface area contributed by atoms with Crippen molar-refractivity contribution >= 4 is 5.91 Å². The quantitative estimate of drug-likeness (QED) is 0.235. The first-order chi connectivity index (χ1) is 17.7. The summed E-state index contributed by atoms with van der Waals surface area (Å²) < 4.78 is 19.1. The first-order valence-electron chi connectivity index (χ1n) is 12.6. The summed E-state index contributed by atoms with van der Waals surface area (Å²) in [6.07, 6.45) is 1.97. The number of nitrogens with zero attached hydrogens (tertiary/aromatic N) is 1. The highest BCUT2D eigenvalue weighted by Gasteiger charge is 2.45. The SMILES string of the molecule is C=CCCCN1C[C@@H](OCc2ccccc2)[C@@H](OCc2ccccc2)[C@H](OCc2ccccc2)C1=O. The molecule has 0 bridgehead atoms. The molecule has 0 saturated carbocycles. The van der Waals surface area contributed by atoms with Gasteiger partial charge in [-0.3, -0.25) is 4.79 Å². The van der Waals surface area contributed by atoms with Gasteiger partial charge in [-0.2, -0.15) is 0 Å². The summed E-state index contributed by atoms with van der Waals surface area (Å²) >= 11 is 0. The fraction of sp³-hybridized carbons (Fsp3) is 0.323. The van der Waals surface area contributed by atoms with Crippen molar-refractivity contribution in [2.75, 3.05) is 13.1 Å². The molecule has 0 unspecified atom stereocenters. The van der Waals surface area contributed by atoms with E-state index >= 15 is 0 Å². The van der Waals surface area contributed by atoms with Gasteiger partial charge in [0.2, 0.25) is 0 Å². The summed E-state index contributed by atoms with van der Waals surface area (Å²) in [5.41, 5.74) is 3.13. The third-order valence-electron chi connectivity index (χ3n) is 6.32. The van der Waals surface area contributed by atoms with Crippen molar-refractivity contribution in [2.24, 2.45) is 0 Å². The van der Waals surface area contributed by atoms with Gasteiger partial charge in [0.25, 0.3) is 5.91 Å². The molecule has 3 atom stereocenters. The van der Waals surface area contributed by atoms with Crippen LogP contribution in [0.2, 0.25) is 0 Å². The zero-order valence-corrected chi connectivity index (χ0v) is 20.7. The Kier molecular flexibility index (Phi) is 9.86. The number of carbonyl (C=O) groups excluding carboxylic acids is 1.